The Balaban J connectivity index is 2.62. The van der Waals surface area contributed by atoms with E-state index in [4.69, 9.17) is 0 Å². The molecule has 2 rings (SSSR count). The summed E-state index contributed by atoms with van der Waals surface area (Å²) in [6, 6.07) is 9.88. The van der Waals surface area contributed by atoms with Crippen molar-refractivity contribution < 1.29 is 0 Å². The molecule has 0 amide bonds. The molecule has 1 aromatic carbocycles. The molecule has 0 bridgehead atoms. The van der Waals surface area contributed by atoms with Gasteiger partial charge in [-0.1, -0.05) is 37.3 Å². The minimum absolute atomic E-state index is 0.0836. The lowest BCUT2D eigenvalue weighted by atomic mass is 10.1. The highest BCUT2D eigenvalue weighted by Gasteiger charge is 2.07. The number of aromatic amines is 1. The molecule has 1 heterocycles. The van der Waals surface area contributed by atoms with Crippen molar-refractivity contribution in [3.63, 3.8) is 0 Å². The second kappa shape index (κ2) is 4.31. The zero-order valence-corrected chi connectivity index (χ0v) is 9.45. The molecule has 0 atom stereocenters. The van der Waals surface area contributed by atoms with Crippen molar-refractivity contribution in [1.29, 1.82) is 0 Å². The summed E-state index contributed by atoms with van der Waals surface area (Å²) in [5.41, 5.74) is 3.21. The SMILES string of the molecule is CCc1nc(-c2ccccc2)c(C)[nH]c1=O. The fraction of sp³-hybridized carbons (Fsp3) is 0.231. The predicted molar refractivity (Wildman–Crippen MR) is 64.4 cm³/mol. The van der Waals surface area contributed by atoms with E-state index >= 15 is 0 Å². The third-order valence-electron chi connectivity index (χ3n) is 2.55. The Morgan fingerprint density at radius 3 is 2.56 bits per heavy atom. The molecule has 0 aliphatic carbocycles. The zero-order valence-electron chi connectivity index (χ0n) is 9.45. The van der Waals surface area contributed by atoms with Crippen LogP contribution in [0.15, 0.2) is 35.1 Å². The van der Waals surface area contributed by atoms with Crippen LogP contribution in [0.3, 0.4) is 0 Å². The summed E-state index contributed by atoms with van der Waals surface area (Å²) in [5, 5.41) is 0. The monoisotopic (exact) mass is 214 g/mol. The fourth-order valence-electron chi connectivity index (χ4n) is 1.69. The molecular formula is C13H14N2O. The molecule has 0 saturated heterocycles. The number of rotatable bonds is 2. The maximum absolute atomic E-state index is 11.5. The summed E-state index contributed by atoms with van der Waals surface area (Å²) >= 11 is 0. The lowest BCUT2D eigenvalue weighted by Crippen LogP contribution is -2.16. The number of benzene rings is 1. The van der Waals surface area contributed by atoms with Crippen molar-refractivity contribution in [1.82, 2.24) is 9.97 Å². The Morgan fingerprint density at radius 1 is 1.25 bits per heavy atom. The lowest BCUT2D eigenvalue weighted by Gasteiger charge is -2.06. The molecule has 0 radical (unpaired) electrons. The Kier molecular flexibility index (Phi) is 2.86. The predicted octanol–water partition coefficient (Wildman–Crippen LogP) is 2.31. The number of aromatic nitrogens is 2. The van der Waals surface area contributed by atoms with Crippen molar-refractivity contribution in [3.05, 3.63) is 52.1 Å². The van der Waals surface area contributed by atoms with Gasteiger partial charge >= 0.3 is 0 Å². The van der Waals surface area contributed by atoms with E-state index in [0.29, 0.717) is 12.1 Å². The molecule has 16 heavy (non-hydrogen) atoms. The molecule has 0 fully saturated rings. The Bertz CT molecular complexity index is 544. The number of hydrogen-bond donors (Lipinski definition) is 1. The molecule has 3 nitrogen and oxygen atoms in total. The van der Waals surface area contributed by atoms with Gasteiger partial charge in [-0.2, -0.15) is 0 Å². The molecular weight excluding hydrogens is 200 g/mol. The summed E-state index contributed by atoms with van der Waals surface area (Å²) in [6.45, 7) is 3.80. The number of nitrogens with zero attached hydrogens (tertiary/aromatic N) is 1. The van der Waals surface area contributed by atoms with E-state index in [1.807, 2.05) is 44.2 Å². The van der Waals surface area contributed by atoms with Crippen molar-refractivity contribution in [2.45, 2.75) is 20.3 Å². The van der Waals surface area contributed by atoms with Crippen LogP contribution in [0, 0.1) is 6.92 Å². The molecule has 1 N–H and O–H groups in total. The third-order valence-corrected chi connectivity index (χ3v) is 2.55. The van der Waals surface area contributed by atoms with E-state index in [2.05, 4.69) is 9.97 Å². The van der Waals surface area contributed by atoms with Gasteiger partial charge in [-0.15, -0.1) is 0 Å². The molecule has 1 aromatic heterocycles. The summed E-state index contributed by atoms with van der Waals surface area (Å²) in [7, 11) is 0. The van der Waals surface area contributed by atoms with Crippen LogP contribution in [0.5, 0.6) is 0 Å². The topological polar surface area (TPSA) is 45.8 Å². The summed E-state index contributed by atoms with van der Waals surface area (Å²) in [4.78, 5) is 18.8. The number of aryl methyl sites for hydroxylation is 2. The maximum atomic E-state index is 11.5. The van der Waals surface area contributed by atoms with Gasteiger partial charge in [0.05, 0.1) is 5.69 Å². The van der Waals surface area contributed by atoms with Crippen LogP contribution in [0.4, 0.5) is 0 Å². The quantitative estimate of drug-likeness (QED) is 0.833. The Labute approximate surface area is 94.2 Å². The van der Waals surface area contributed by atoms with Crippen molar-refractivity contribution in [2.24, 2.45) is 0 Å². The van der Waals surface area contributed by atoms with E-state index < -0.39 is 0 Å². The van der Waals surface area contributed by atoms with Crippen LogP contribution in [0.2, 0.25) is 0 Å². The zero-order chi connectivity index (χ0) is 11.5. The van der Waals surface area contributed by atoms with Crippen molar-refractivity contribution >= 4 is 0 Å². The van der Waals surface area contributed by atoms with Crippen LogP contribution in [-0.2, 0) is 6.42 Å². The Hall–Kier alpha value is -1.90. The standard InChI is InChI=1S/C13H14N2O/c1-3-11-13(16)14-9(2)12(15-11)10-7-5-4-6-8-10/h4-8H,3H2,1-2H3,(H,14,16). The average Bonchev–Trinajstić information content (AvgIpc) is 2.30. The summed E-state index contributed by atoms with van der Waals surface area (Å²) in [6.07, 6.45) is 0.648. The lowest BCUT2D eigenvalue weighted by molar-refractivity contribution is 0.946. The summed E-state index contributed by atoms with van der Waals surface area (Å²) in [5.74, 6) is 0. The summed E-state index contributed by atoms with van der Waals surface area (Å²) < 4.78 is 0. The van der Waals surface area contributed by atoms with E-state index in [1.54, 1.807) is 0 Å². The van der Waals surface area contributed by atoms with E-state index in [0.717, 1.165) is 17.0 Å². The molecule has 3 heteroatoms. The number of H-pyrrole nitrogens is 1. The number of nitrogens with one attached hydrogen (secondary N) is 1. The van der Waals surface area contributed by atoms with Crippen LogP contribution in [-0.4, -0.2) is 9.97 Å². The van der Waals surface area contributed by atoms with Crippen LogP contribution in [0.1, 0.15) is 18.3 Å². The molecule has 82 valence electrons. The molecule has 0 aliphatic rings. The molecule has 0 unspecified atom stereocenters. The van der Waals surface area contributed by atoms with Gasteiger partial charge in [0.25, 0.3) is 5.56 Å². The molecule has 0 spiro atoms. The first-order chi connectivity index (χ1) is 7.72. The van der Waals surface area contributed by atoms with Crippen LogP contribution < -0.4 is 5.56 Å². The minimum atomic E-state index is -0.0836. The normalized spacial score (nSPS) is 10.4. The average molecular weight is 214 g/mol. The third kappa shape index (κ3) is 1.89. The van der Waals surface area contributed by atoms with Crippen LogP contribution >= 0.6 is 0 Å². The van der Waals surface area contributed by atoms with Gasteiger partial charge in [0, 0.05) is 11.3 Å². The first-order valence-corrected chi connectivity index (χ1v) is 5.37. The molecule has 0 saturated carbocycles. The molecule has 2 aromatic rings. The second-order valence-corrected chi connectivity index (χ2v) is 3.71. The van der Waals surface area contributed by atoms with E-state index in [-0.39, 0.29) is 5.56 Å². The highest BCUT2D eigenvalue weighted by Crippen LogP contribution is 2.18. The largest absolute Gasteiger partial charge is 0.323 e. The van der Waals surface area contributed by atoms with Gasteiger partial charge in [0.1, 0.15) is 5.69 Å². The molecule has 0 aliphatic heterocycles. The van der Waals surface area contributed by atoms with E-state index in [9.17, 15) is 4.79 Å². The van der Waals surface area contributed by atoms with Crippen molar-refractivity contribution in [2.75, 3.05) is 0 Å². The minimum Gasteiger partial charge on any atom is -0.323 e. The second-order valence-electron chi connectivity index (χ2n) is 3.71. The highest BCUT2D eigenvalue weighted by molar-refractivity contribution is 5.61. The number of hydrogen-bond acceptors (Lipinski definition) is 2. The van der Waals surface area contributed by atoms with Crippen molar-refractivity contribution in [3.8, 4) is 11.3 Å². The fourth-order valence-corrected chi connectivity index (χ4v) is 1.69. The maximum Gasteiger partial charge on any atom is 0.269 e. The first-order valence-electron chi connectivity index (χ1n) is 5.37. The first kappa shape index (κ1) is 10.6. The smallest absolute Gasteiger partial charge is 0.269 e. The van der Waals surface area contributed by atoms with E-state index in [1.165, 1.54) is 0 Å². The van der Waals surface area contributed by atoms with Gasteiger partial charge in [-0.05, 0) is 13.3 Å². The van der Waals surface area contributed by atoms with Gasteiger partial charge in [0.2, 0.25) is 0 Å². The highest BCUT2D eigenvalue weighted by atomic mass is 16.1. The van der Waals surface area contributed by atoms with Crippen LogP contribution in [0.25, 0.3) is 11.3 Å². The Morgan fingerprint density at radius 2 is 1.94 bits per heavy atom. The van der Waals surface area contributed by atoms with Gasteiger partial charge in [-0.25, -0.2) is 4.98 Å². The van der Waals surface area contributed by atoms with Gasteiger partial charge in [0.15, 0.2) is 0 Å². The van der Waals surface area contributed by atoms with Gasteiger partial charge in [-0.3, -0.25) is 4.79 Å². The van der Waals surface area contributed by atoms with Gasteiger partial charge < -0.3 is 4.98 Å².